The van der Waals surface area contributed by atoms with E-state index in [0.29, 0.717) is 0 Å². The van der Waals surface area contributed by atoms with Crippen LogP contribution >= 0.6 is 0 Å². The molecule has 0 spiro atoms. The maximum absolute atomic E-state index is 4.11. The molecule has 13 heavy (non-hydrogen) atoms. The number of nitrogens with zero attached hydrogens (tertiary/aromatic N) is 1. The molecule has 1 saturated carbocycles. The van der Waals surface area contributed by atoms with Gasteiger partial charge in [-0.05, 0) is 38.5 Å². The summed E-state index contributed by atoms with van der Waals surface area (Å²) in [4.78, 5) is 2.37. The maximum Gasteiger partial charge on any atom is 1.00 e. The summed E-state index contributed by atoms with van der Waals surface area (Å²) in [5, 5.41) is 0. The molecule has 1 aliphatic heterocycles. The summed E-state index contributed by atoms with van der Waals surface area (Å²) in [5.41, 5.74) is 1.19. The first-order valence-electron chi connectivity index (χ1n) is 4.54. The van der Waals surface area contributed by atoms with Gasteiger partial charge in [0.25, 0.3) is 0 Å². The fraction of sp³-hybridized carbons (Fsp3) is 0.364. The van der Waals surface area contributed by atoms with E-state index in [1.807, 2.05) is 0 Å². The predicted molar refractivity (Wildman–Crippen MR) is 50.4 cm³/mol. The summed E-state index contributed by atoms with van der Waals surface area (Å²) < 4.78 is 0. The summed E-state index contributed by atoms with van der Waals surface area (Å²) in [6, 6.07) is 0. The van der Waals surface area contributed by atoms with Crippen molar-refractivity contribution in [2.24, 2.45) is 0 Å². The van der Waals surface area contributed by atoms with Crippen LogP contribution in [0.1, 0.15) is 12.8 Å². The standard InChI is InChI=1S/C11H14N.Li/c1-10(11-6-2-3-7-11)12-8-4-5-9-12;/h2-3,6-7H,1,4-5,8-9H2;/q;+1. The fourth-order valence-corrected chi connectivity index (χ4v) is 1.74. The molecule has 0 aromatic heterocycles. The van der Waals surface area contributed by atoms with Gasteiger partial charge in [0, 0.05) is 24.7 Å². The van der Waals surface area contributed by atoms with Crippen molar-refractivity contribution in [3.05, 3.63) is 43.9 Å². The maximum atomic E-state index is 4.11. The van der Waals surface area contributed by atoms with Gasteiger partial charge in [0.2, 0.25) is 0 Å². The minimum atomic E-state index is 0. The molecule has 2 aliphatic rings. The number of hydrogen-bond donors (Lipinski definition) is 0. The topological polar surface area (TPSA) is 3.24 Å². The molecule has 1 saturated heterocycles. The Morgan fingerprint density at radius 2 is 1.69 bits per heavy atom. The van der Waals surface area contributed by atoms with Crippen LogP contribution in [-0.2, 0) is 0 Å². The van der Waals surface area contributed by atoms with Crippen molar-refractivity contribution in [2.45, 2.75) is 12.8 Å². The van der Waals surface area contributed by atoms with Crippen LogP contribution in [-0.4, -0.2) is 18.0 Å². The molecule has 1 aliphatic carbocycles. The molecule has 0 atom stereocenters. The zero-order chi connectivity index (χ0) is 8.39. The van der Waals surface area contributed by atoms with Gasteiger partial charge in [0.1, 0.15) is 0 Å². The van der Waals surface area contributed by atoms with Gasteiger partial charge < -0.3 is 4.90 Å². The Labute approximate surface area is 93.7 Å². The van der Waals surface area contributed by atoms with Crippen molar-refractivity contribution >= 4 is 0 Å². The molecule has 0 unspecified atom stereocenters. The Balaban J connectivity index is 0.000000845. The summed E-state index contributed by atoms with van der Waals surface area (Å²) in [6.45, 7) is 6.47. The van der Waals surface area contributed by atoms with E-state index >= 15 is 0 Å². The monoisotopic (exact) mass is 167 g/mol. The molecule has 2 fully saturated rings. The first-order valence-corrected chi connectivity index (χ1v) is 4.54. The van der Waals surface area contributed by atoms with Crippen LogP contribution in [0.15, 0.2) is 12.3 Å². The van der Waals surface area contributed by atoms with Crippen molar-refractivity contribution in [1.29, 1.82) is 0 Å². The largest absolute Gasteiger partial charge is 1.00 e. The van der Waals surface area contributed by atoms with E-state index in [1.165, 1.54) is 37.5 Å². The van der Waals surface area contributed by atoms with Crippen LogP contribution in [0, 0.1) is 31.6 Å². The van der Waals surface area contributed by atoms with Gasteiger partial charge in [-0.25, -0.2) is 0 Å². The first-order chi connectivity index (χ1) is 5.88. The van der Waals surface area contributed by atoms with Crippen LogP contribution in [0.2, 0.25) is 0 Å². The number of rotatable bonds is 2. The van der Waals surface area contributed by atoms with Gasteiger partial charge in [0.05, 0.1) is 0 Å². The van der Waals surface area contributed by atoms with Gasteiger partial charge in [-0.15, -0.1) is 0 Å². The van der Waals surface area contributed by atoms with Crippen molar-refractivity contribution in [1.82, 2.24) is 4.90 Å². The molecule has 0 N–H and O–H groups in total. The second-order valence-electron chi connectivity index (χ2n) is 3.31. The minimum absolute atomic E-state index is 0. The first kappa shape index (κ1) is 11.2. The van der Waals surface area contributed by atoms with E-state index < -0.39 is 0 Å². The average Bonchev–Trinajstić information content (AvgIpc) is 2.77. The van der Waals surface area contributed by atoms with Gasteiger partial charge >= 0.3 is 18.9 Å². The second kappa shape index (κ2) is 5.13. The molecular formula is C11H14LiN+. The predicted octanol–water partition coefficient (Wildman–Crippen LogP) is -0.995. The summed E-state index contributed by atoms with van der Waals surface area (Å²) >= 11 is 0. The van der Waals surface area contributed by atoms with Crippen LogP contribution < -0.4 is 18.9 Å². The molecule has 0 amide bonds. The van der Waals surface area contributed by atoms with Crippen molar-refractivity contribution in [3.8, 4) is 0 Å². The SMILES string of the molecule is C=C([C]1[CH][CH][CH][CH]1)N1CCCC1.[Li+]. The number of hydrogen-bond acceptors (Lipinski definition) is 1. The zero-order valence-electron chi connectivity index (χ0n) is 8.29. The Kier molecular flexibility index (Phi) is 4.42. The smallest absolute Gasteiger partial charge is 0.375 e. The van der Waals surface area contributed by atoms with E-state index in [2.05, 4.69) is 37.2 Å². The minimum Gasteiger partial charge on any atom is -0.375 e. The molecule has 0 aromatic rings. The van der Waals surface area contributed by atoms with Crippen LogP contribution in [0.3, 0.4) is 0 Å². The van der Waals surface area contributed by atoms with Gasteiger partial charge in [-0.1, -0.05) is 6.58 Å². The Morgan fingerprint density at radius 3 is 2.23 bits per heavy atom. The second-order valence-corrected chi connectivity index (χ2v) is 3.31. The molecule has 0 bridgehead atoms. The number of allylic oxidation sites excluding steroid dienone is 1. The van der Waals surface area contributed by atoms with Crippen LogP contribution in [0.5, 0.6) is 0 Å². The molecule has 2 rings (SSSR count). The van der Waals surface area contributed by atoms with Crippen molar-refractivity contribution in [2.75, 3.05) is 13.1 Å². The van der Waals surface area contributed by atoms with E-state index in [-0.39, 0.29) is 18.9 Å². The molecular weight excluding hydrogens is 153 g/mol. The summed E-state index contributed by atoms with van der Waals surface area (Å²) in [6.07, 6.45) is 11.0. The third-order valence-electron chi connectivity index (χ3n) is 2.48. The fourth-order valence-electron chi connectivity index (χ4n) is 1.74. The summed E-state index contributed by atoms with van der Waals surface area (Å²) in [7, 11) is 0. The van der Waals surface area contributed by atoms with Gasteiger partial charge in [-0.2, -0.15) is 0 Å². The normalized spacial score (nSPS) is 23.2. The Bertz CT molecular complexity index is 149. The van der Waals surface area contributed by atoms with Gasteiger partial charge in [-0.3, -0.25) is 0 Å². The average molecular weight is 167 g/mol. The third kappa shape index (κ3) is 2.55. The molecule has 5 radical (unpaired) electrons. The van der Waals surface area contributed by atoms with E-state index in [1.54, 1.807) is 0 Å². The Morgan fingerprint density at radius 1 is 1.15 bits per heavy atom. The molecule has 0 aromatic carbocycles. The van der Waals surface area contributed by atoms with E-state index in [0.717, 1.165) is 0 Å². The summed E-state index contributed by atoms with van der Waals surface area (Å²) in [5.74, 6) is 1.27. The molecule has 1 nitrogen and oxygen atoms in total. The quantitative estimate of drug-likeness (QED) is 0.477. The van der Waals surface area contributed by atoms with E-state index in [9.17, 15) is 0 Å². The third-order valence-corrected chi connectivity index (χ3v) is 2.48. The van der Waals surface area contributed by atoms with Crippen LogP contribution in [0.4, 0.5) is 0 Å². The van der Waals surface area contributed by atoms with Crippen LogP contribution in [0.25, 0.3) is 0 Å². The zero-order valence-corrected chi connectivity index (χ0v) is 8.29. The molecule has 1 heterocycles. The number of likely N-dealkylation sites (tertiary alicyclic amines) is 1. The van der Waals surface area contributed by atoms with Crippen molar-refractivity contribution in [3.63, 3.8) is 0 Å². The molecule has 2 heteroatoms. The van der Waals surface area contributed by atoms with Crippen molar-refractivity contribution < 1.29 is 18.9 Å². The van der Waals surface area contributed by atoms with E-state index in [4.69, 9.17) is 0 Å². The van der Waals surface area contributed by atoms with Gasteiger partial charge in [0.15, 0.2) is 0 Å². The molecule has 63 valence electrons. The Hall–Kier alpha value is 0.137.